The second kappa shape index (κ2) is 7.13. The number of nitrogens with zero attached hydrogens (tertiary/aromatic N) is 1. The zero-order chi connectivity index (χ0) is 20.8. The third kappa shape index (κ3) is 3.52. The van der Waals surface area contributed by atoms with Crippen molar-refractivity contribution in [1.82, 2.24) is 0 Å². The first-order valence-corrected chi connectivity index (χ1v) is 11.0. The second-order valence-electron chi connectivity index (χ2n) is 9.94. The van der Waals surface area contributed by atoms with Crippen molar-refractivity contribution in [2.75, 3.05) is 0 Å². The highest BCUT2D eigenvalue weighted by Crippen LogP contribution is 2.47. The van der Waals surface area contributed by atoms with Crippen LogP contribution in [0.3, 0.4) is 0 Å². The number of hydrogen-bond acceptors (Lipinski definition) is 0. The van der Waals surface area contributed by atoms with Crippen molar-refractivity contribution < 1.29 is 4.57 Å². The lowest BCUT2D eigenvalue weighted by atomic mass is 9.62. The molecule has 0 saturated heterocycles. The molecule has 0 unspecified atom stereocenters. The smallest absolute Gasteiger partial charge is 0.198 e. The molecule has 1 aliphatic carbocycles. The fourth-order valence-electron chi connectivity index (χ4n) is 4.85. The normalized spacial score (nSPS) is 17.0. The minimum absolute atomic E-state index is 0.230. The van der Waals surface area contributed by atoms with Gasteiger partial charge in [-0.05, 0) is 71.9 Å². The predicted octanol–water partition coefficient (Wildman–Crippen LogP) is 6.99. The summed E-state index contributed by atoms with van der Waals surface area (Å²) in [5, 5.41) is 0. The van der Waals surface area contributed by atoms with E-state index in [9.17, 15) is 0 Å². The number of benzene rings is 2. The maximum absolute atomic E-state index is 2.50. The molecule has 1 aromatic heterocycles. The Balaban J connectivity index is 1.87. The standard InChI is InChI=1S/C28H34N/c1-7-29-19-22(21-11-9-8-10-12-21)13-14-26(29)23-18-25-24(17-20(23)2)27(3,4)15-16-28(25,5)6/h8-14,17-19H,7,15-16H2,1-6H3/q+1. The monoisotopic (exact) mass is 384 g/mol. The molecular formula is C28H34N+. The Morgan fingerprint density at radius 2 is 1.41 bits per heavy atom. The molecule has 1 heterocycles. The average Bonchev–Trinajstić information content (AvgIpc) is 2.71. The largest absolute Gasteiger partial charge is 0.212 e. The van der Waals surface area contributed by atoms with Crippen LogP contribution in [0.2, 0.25) is 0 Å². The van der Waals surface area contributed by atoms with Crippen molar-refractivity contribution in [1.29, 1.82) is 0 Å². The van der Waals surface area contributed by atoms with Crippen LogP contribution < -0.4 is 4.57 Å². The zero-order valence-corrected chi connectivity index (χ0v) is 18.8. The van der Waals surface area contributed by atoms with Gasteiger partial charge in [0.1, 0.15) is 6.54 Å². The summed E-state index contributed by atoms with van der Waals surface area (Å²) in [6, 6.07) is 20.2. The van der Waals surface area contributed by atoms with Gasteiger partial charge in [-0.15, -0.1) is 0 Å². The number of fused-ring (bicyclic) bond motifs is 1. The van der Waals surface area contributed by atoms with Crippen LogP contribution in [0.5, 0.6) is 0 Å². The van der Waals surface area contributed by atoms with Gasteiger partial charge in [-0.3, -0.25) is 0 Å². The average molecular weight is 385 g/mol. The fourth-order valence-corrected chi connectivity index (χ4v) is 4.85. The summed E-state index contributed by atoms with van der Waals surface area (Å²) in [4.78, 5) is 0. The molecule has 0 amide bonds. The van der Waals surface area contributed by atoms with Gasteiger partial charge in [0.25, 0.3) is 0 Å². The Morgan fingerprint density at radius 1 is 0.793 bits per heavy atom. The SMILES string of the molecule is CC[n+]1cc(-c2ccccc2)ccc1-c1cc2c(cc1C)C(C)(C)CCC2(C)C. The van der Waals surface area contributed by atoms with E-state index in [0.717, 1.165) is 6.54 Å². The van der Waals surface area contributed by atoms with E-state index >= 15 is 0 Å². The summed E-state index contributed by atoms with van der Waals surface area (Å²) >= 11 is 0. The summed E-state index contributed by atoms with van der Waals surface area (Å²) in [6.07, 6.45) is 4.81. The minimum atomic E-state index is 0.230. The van der Waals surface area contributed by atoms with Crippen LogP contribution in [0.1, 0.15) is 64.2 Å². The quantitative estimate of drug-likeness (QED) is 0.429. The van der Waals surface area contributed by atoms with E-state index in [4.69, 9.17) is 0 Å². The molecule has 0 saturated carbocycles. The Hall–Kier alpha value is -2.41. The topological polar surface area (TPSA) is 3.88 Å². The number of pyridine rings is 1. The number of aryl methyl sites for hydroxylation is 2. The van der Waals surface area contributed by atoms with Crippen LogP contribution in [0.25, 0.3) is 22.4 Å². The van der Waals surface area contributed by atoms with Crippen LogP contribution in [0.4, 0.5) is 0 Å². The van der Waals surface area contributed by atoms with Crippen LogP contribution in [0.15, 0.2) is 60.8 Å². The number of rotatable bonds is 3. The third-order valence-corrected chi connectivity index (χ3v) is 6.95. The maximum atomic E-state index is 2.50. The molecule has 0 radical (unpaired) electrons. The number of aromatic nitrogens is 1. The van der Waals surface area contributed by atoms with E-state index in [1.165, 1.54) is 46.4 Å². The van der Waals surface area contributed by atoms with E-state index in [2.05, 4.69) is 107 Å². The maximum Gasteiger partial charge on any atom is 0.212 e. The summed E-state index contributed by atoms with van der Waals surface area (Å²) < 4.78 is 2.40. The van der Waals surface area contributed by atoms with Crippen molar-refractivity contribution >= 4 is 0 Å². The van der Waals surface area contributed by atoms with E-state index < -0.39 is 0 Å². The molecule has 29 heavy (non-hydrogen) atoms. The Labute approximate surface area is 176 Å². The highest BCUT2D eigenvalue weighted by molar-refractivity contribution is 5.68. The van der Waals surface area contributed by atoms with E-state index in [1.54, 1.807) is 5.56 Å². The van der Waals surface area contributed by atoms with Gasteiger partial charge in [-0.25, -0.2) is 0 Å². The molecule has 1 aliphatic rings. The van der Waals surface area contributed by atoms with Gasteiger partial charge in [-0.2, -0.15) is 4.57 Å². The highest BCUT2D eigenvalue weighted by atomic mass is 14.9. The molecule has 0 bridgehead atoms. The molecule has 0 spiro atoms. The van der Waals surface area contributed by atoms with Crippen LogP contribution in [-0.4, -0.2) is 0 Å². The molecule has 2 aromatic carbocycles. The van der Waals surface area contributed by atoms with Gasteiger partial charge in [0.05, 0.1) is 0 Å². The molecule has 150 valence electrons. The van der Waals surface area contributed by atoms with Gasteiger partial charge in [0.15, 0.2) is 6.20 Å². The van der Waals surface area contributed by atoms with Gasteiger partial charge < -0.3 is 0 Å². The molecule has 1 nitrogen and oxygen atoms in total. The Morgan fingerprint density at radius 3 is 2.03 bits per heavy atom. The van der Waals surface area contributed by atoms with Crippen molar-refractivity contribution in [3.05, 3.63) is 77.5 Å². The Bertz CT molecular complexity index is 1040. The predicted molar refractivity (Wildman–Crippen MR) is 123 cm³/mol. The molecule has 1 heteroatoms. The van der Waals surface area contributed by atoms with Crippen LogP contribution in [0, 0.1) is 6.92 Å². The molecule has 4 rings (SSSR count). The van der Waals surface area contributed by atoms with Crippen molar-refractivity contribution in [2.24, 2.45) is 0 Å². The molecule has 0 N–H and O–H groups in total. The lowest BCUT2D eigenvalue weighted by molar-refractivity contribution is -0.682. The summed E-state index contributed by atoms with van der Waals surface area (Å²) in [5.74, 6) is 0. The molecule has 0 atom stereocenters. The number of hydrogen-bond donors (Lipinski definition) is 0. The van der Waals surface area contributed by atoms with Gasteiger partial charge in [0, 0.05) is 17.2 Å². The van der Waals surface area contributed by atoms with Crippen LogP contribution >= 0.6 is 0 Å². The lowest BCUT2D eigenvalue weighted by Crippen LogP contribution is -2.36. The van der Waals surface area contributed by atoms with Gasteiger partial charge in [0.2, 0.25) is 5.69 Å². The molecule has 0 aliphatic heterocycles. The van der Waals surface area contributed by atoms with Gasteiger partial charge >= 0.3 is 0 Å². The molecular weight excluding hydrogens is 350 g/mol. The van der Waals surface area contributed by atoms with E-state index in [0.29, 0.717) is 0 Å². The van der Waals surface area contributed by atoms with Crippen LogP contribution in [-0.2, 0) is 17.4 Å². The minimum Gasteiger partial charge on any atom is -0.198 e. The fraction of sp³-hybridized carbons (Fsp3) is 0.393. The first kappa shape index (κ1) is 19.9. The van der Waals surface area contributed by atoms with Crippen molar-refractivity contribution in [3.8, 4) is 22.4 Å². The summed E-state index contributed by atoms with van der Waals surface area (Å²) in [6.45, 7) is 15.1. The lowest BCUT2D eigenvalue weighted by Gasteiger charge is -2.42. The molecule has 3 aromatic rings. The van der Waals surface area contributed by atoms with Crippen molar-refractivity contribution in [3.63, 3.8) is 0 Å². The first-order valence-electron chi connectivity index (χ1n) is 11.0. The first-order chi connectivity index (χ1) is 13.7. The molecule has 0 fully saturated rings. The summed E-state index contributed by atoms with van der Waals surface area (Å²) in [7, 11) is 0. The third-order valence-electron chi connectivity index (χ3n) is 6.95. The van der Waals surface area contributed by atoms with E-state index in [-0.39, 0.29) is 10.8 Å². The Kier molecular flexibility index (Phi) is 4.89. The highest BCUT2D eigenvalue weighted by Gasteiger charge is 2.38. The summed E-state index contributed by atoms with van der Waals surface area (Å²) in [5.41, 5.74) is 10.2. The van der Waals surface area contributed by atoms with Gasteiger partial charge in [-0.1, -0.05) is 64.1 Å². The van der Waals surface area contributed by atoms with E-state index in [1.807, 2.05) is 0 Å². The zero-order valence-electron chi connectivity index (χ0n) is 18.8. The van der Waals surface area contributed by atoms with Crippen molar-refractivity contribution in [2.45, 2.75) is 71.8 Å². The second-order valence-corrected chi connectivity index (χ2v) is 9.94.